The Labute approximate surface area is 153 Å². The van der Waals surface area contributed by atoms with E-state index in [2.05, 4.69) is 27.5 Å². The van der Waals surface area contributed by atoms with Gasteiger partial charge in [0.05, 0.1) is 26.8 Å². The maximum atomic E-state index is 5.55. The molecule has 0 saturated carbocycles. The molecule has 0 bridgehead atoms. The van der Waals surface area contributed by atoms with Crippen LogP contribution >= 0.6 is 11.3 Å². The summed E-state index contributed by atoms with van der Waals surface area (Å²) in [6.07, 6.45) is 1.89. The number of nitrogens with one attached hydrogen (secondary N) is 2. The second-order valence-electron chi connectivity index (χ2n) is 5.33. The van der Waals surface area contributed by atoms with Crippen molar-refractivity contribution in [2.75, 3.05) is 20.3 Å². The summed E-state index contributed by atoms with van der Waals surface area (Å²) in [5.74, 6) is 2.25. The third-order valence-electron chi connectivity index (χ3n) is 3.37. The zero-order valence-corrected chi connectivity index (χ0v) is 16.1. The van der Waals surface area contributed by atoms with Crippen LogP contribution in [0, 0.1) is 6.92 Å². The third kappa shape index (κ3) is 5.94. The minimum Gasteiger partial charge on any atom is -0.493 e. The molecule has 2 N–H and O–H groups in total. The Hall–Kier alpha value is -2.28. The van der Waals surface area contributed by atoms with Gasteiger partial charge in [0, 0.05) is 17.6 Å². The number of aryl methyl sites for hydroxylation is 1. The molecule has 0 atom stereocenters. The van der Waals surface area contributed by atoms with Crippen LogP contribution in [0.5, 0.6) is 11.5 Å². The van der Waals surface area contributed by atoms with E-state index in [1.165, 1.54) is 4.88 Å². The Morgan fingerprint density at radius 2 is 2.08 bits per heavy atom. The Morgan fingerprint density at radius 1 is 1.24 bits per heavy atom. The fraction of sp³-hybridized carbons (Fsp3) is 0.444. The molecule has 0 spiro atoms. The topological polar surface area (TPSA) is 67.8 Å². The summed E-state index contributed by atoms with van der Waals surface area (Å²) in [5.41, 5.74) is 1.06. The number of ether oxygens (including phenoxy) is 2. The number of thiazole rings is 1. The van der Waals surface area contributed by atoms with Gasteiger partial charge in [-0.2, -0.15) is 0 Å². The lowest BCUT2D eigenvalue weighted by Crippen LogP contribution is -2.36. The zero-order chi connectivity index (χ0) is 18.1. The number of guanidine groups is 1. The van der Waals surface area contributed by atoms with Crippen LogP contribution < -0.4 is 20.1 Å². The molecule has 1 aromatic carbocycles. The minimum absolute atomic E-state index is 0.551. The van der Waals surface area contributed by atoms with Crippen LogP contribution in [-0.4, -0.2) is 31.2 Å². The zero-order valence-electron chi connectivity index (χ0n) is 15.3. The Bertz CT molecular complexity index is 700. The van der Waals surface area contributed by atoms with E-state index in [0.717, 1.165) is 34.6 Å². The summed E-state index contributed by atoms with van der Waals surface area (Å²) in [7, 11) is 1.65. The SMILES string of the molecule is CCNC(=NCc1ccc(OCC)c(OC)c1)NCc1ncc(C)s1. The molecule has 0 aliphatic carbocycles. The highest BCUT2D eigenvalue weighted by atomic mass is 32.1. The first-order valence-electron chi connectivity index (χ1n) is 8.39. The van der Waals surface area contributed by atoms with Crippen LogP contribution in [-0.2, 0) is 13.1 Å². The van der Waals surface area contributed by atoms with Gasteiger partial charge in [0.2, 0.25) is 0 Å². The minimum atomic E-state index is 0.551. The Kier molecular flexibility index (Phi) is 7.53. The van der Waals surface area contributed by atoms with Crippen molar-refractivity contribution in [1.29, 1.82) is 0 Å². The summed E-state index contributed by atoms with van der Waals surface area (Å²) in [4.78, 5) is 10.2. The van der Waals surface area contributed by atoms with E-state index in [9.17, 15) is 0 Å². The number of aliphatic imine (C=N–C) groups is 1. The summed E-state index contributed by atoms with van der Waals surface area (Å²) < 4.78 is 10.9. The Morgan fingerprint density at radius 3 is 2.72 bits per heavy atom. The van der Waals surface area contributed by atoms with Gasteiger partial charge in [0.25, 0.3) is 0 Å². The van der Waals surface area contributed by atoms with Gasteiger partial charge < -0.3 is 20.1 Å². The van der Waals surface area contributed by atoms with Gasteiger partial charge in [-0.25, -0.2) is 9.98 Å². The molecule has 0 aliphatic heterocycles. The summed E-state index contributed by atoms with van der Waals surface area (Å²) >= 11 is 1.69. The quantitative estimate of drug-likeness (QED) is 0.558. The van der Waals surface area contributed by atoms with E-state index in [1.54, 1.807) is 18.4 Å². The highest BCUT2D eigenvalue weighted by molar-refractivity contribution is 7.11. The smallest absolute Gasteiger partial charge is 0.191 e. The van der Waals surface area contributed by atoms with Gasteiger partial charge >= 0.3 is 0 Å². The lowest BCUT2D eigenvalue weighted by atomic mass is 10.2. The highest BCUT2D eigenvalue weighted by Gasteiger charge is 2.06. The lowest BCUT2D eigenvalue weighted by Gasteiger charge is -2.12. The number of hydrogen-bond acceptors (Lipinski definition) is 5. The highest BCUT2D eigenvalue weighted by Crippen LogP contribution is 2.28. The summed E-state index contributed by atoms with van der Waals surface area (Å²) in [6, 6.07) is 5.89. The van der Waals surface area contributed by atoms with Gasteiger partial charge in [-0.3, -0.25) is 0 Å². The molecule has 0 radical (unpaired) electrons. The van der Waals surface area contributed by atoms with E-state index < -0.39 is 0 Å². The predicted octanol–water partition coefficient (Wildman–Crippen LogP) is 3.11. The van der Waals surface area contributed by atoms with Gasteiger partial charge in [-0.05, 0) is 38.5 Å². The average Bonchev–Trinajstić information content (AvgIpc) is 3.04. The summed E-state index contributed by atoms with van der Waals surface area (Å²) in [5, 5.41) is 7.61. The predicted molar refractivity (Wildman–Crippen MR) is 103 cm³/mol. The van der Waals surface area contributed by atoms with E-state index in [-0.39, 0.29) is 0 Å². The molecule has 0 fully saturated rings. The molecule has 2 aromatic rings. The molecule has 25 heavy (non-hydrogen) atoms. The number of methoxy groups -OCH3 is 1. The number of hydrogen-bond donors (Lipinski definition) is 2. The second kappa shape index (κ2) is 9.88. The fourth-order valence-corrected chi connectivity index (χ4v) is 2.97. The molecule has 1 aromatic heterocycles. The molecule has 0 unspecified atom stereocenters. The van der Waals surface area contributed by atoms with E-state index in [0.29, 0.717) is 19.7 Å². The number of rotatable bonds is 8. The van der Waals surface area contributed by atoms with Gasteiger partial charge in [0.1, 0.15) is 5.01 Å². The first kappa shape index (κ1) is 19.1. The normalized spacial score (nSPS) is 11.3. The van der Waals surface area contributed by atoms with Crippen molar-refractivity contribution in [2.45, 2.75) is 33.9 Å². The fourth-order valence-electron chi connectivity index (χ4n) is 2.24. The lowest BCUT2D eigenvalue weighted by molar-refractivity contribution is 0.310. The molecule has 0 aliphatic rings. The van der Waals surface area contributed by atoms with E-state index in [1.807, 2.05) is 38.2 Å². The molecular weight excluding hydrogens is 336 g/mol. The molecule has 136 valence electrons. The average molecular weight is 362 g/mol. The number of nitrogens with zero attached hydrogens (tertiary/aromatic N) is 2. The van der Waals surface area contributed by atoms with Gasteiger partial charge in [-0.1, -0.05) is 6.07 Å². The maximum absolute atomic E-state index is 5.55. The third-order valence-corrected chi connectivity index (χ3v) is 4.28. The number of benzene rings is 1. The molecule has 7 heteroatoms. The van der Waals surface area contributed by atoms with Gasteiger partial charge in [-0.15, -0.1) is 11.3 Å². The van der Waals surface area contributed by atoms with Crippen LogP contribution in [0.25, 0.3) is 0 Å². The van der Waals surface area contributed by atoms with Crippen molar-refractivity contribution in [1.82, 2.24) is 15.6 Å². The van der Waals surface area contributed by atoms with Crippen LogP contribution in [0.15, 0.2) is 29.4 Å². The van der Waals surface area contributed by atoms with E-state index in [4.69, 9.17) is 9.47 Å². The van der Waals surface area contributed by atoms with Crippen molar-refractivity contribution < 1.29 is 9.47 Å². The molecule has 6 nitrogen and oxygen atoms in total. The van der Waals surface area contributed by atoms with Crippen LogP contribution in [0.2, 0.25) is 0 Å². The van der Waals surface area contributed by atoms with Crippen molar-refractivity contribution in [2.24, 2.45) is 4.99 Å². The Balaban J connectivity index is 2.02. The van der Waals surface area contributed by atoms with Crippen LogP contribution in [0.3, 0.4) is 0 Å². The van der Waals surface area contributed by atoms with Crippen molar-refractivity contribution in [3.05, 3.63) is 39.8 Å². The largest absolute Gasteiger partial charge is 0.493 e. The molecule has 1 heterocycles. The molecule has 2 rings (SSSR count). The standard InChI is InChI=1S/C18H26N4O2S/c1-5-19-18(22-12-17-20-10-13(3)25-17)21-11-14-7-8-15(24-6-2)16(9-14)23-4/h7-10H,5-6,11-12H2,1-4H3,(H2,19,21,22). The first-order valence-corrected chi connectivity index (χ1v) is 9.21. The second-order valence-corrected chi connectivity index (χ2v) is 6.65. The van der Waals surface area contributed by atoms with Crippen molar-refractivity contribution >= 4 is 17.3 Å². The van der Waals surface area contributed by atoms with Crippen molar-refractivity contribution in [3.8, 4) is 11.5 Å². The van der Waals surface area contributed by atoms with E-state index >= 15 is 0 Å². The van der Waals surface area contributed by atoms with Gasteiger partial charge in [0.15, 0.2) is 17.5 Å². The first-order chi connectivity index (χ1) is 12.2. The molecule has 0 saturated heterocycles. The maximum Gasteiger partial charge on any atom is 0.191 e. The number of aromatic nitrogens is 1. The van der Waals surface area contributed by atoms with Crippen LogP contribution in [0.4, 0.5) is 0 Å². The summed E-state index contributed by atoms with van der Waals surface area (Å²) in [6.45, 7) is 8.68. The molecular formula is C18H26N4O2S. The molecule has 0 amide bonds. The van der Waals surface area contributed by atoms with Crippen LogP contribution in [0.1, 0.15) is 29.3 Å². The monoisotopic (exact) mass is 362 g/mol. The van der Waals surface area contributed by atoms with Crippen molar-refractivity contribution in [3.63, 3.8) is 0 Å².